The number of carbonyl (C=O) groups excluding carboxylic acids is 1. The highest BCUT2D eigenvalue weighted by atomic mass is 79.9. The van der Waals surface area contributed by atoms with Gasteiger partial charge in [-0.15, -0.1) is 12.4 Å². The molecule has 5 heteroatoms. The highest BCUT2D eigenvalue weighted by molar-refractivity contribution is 9.10. The lowest BCUT2D eigenvalue weighted by molar-refractivity contribution is -0.129. The number of amides is 1. The maximum atomic E-state index is 12.8. The van der Waals surface area contributed by atoms with Gasteiger partial charge in [0.25, 0.3) is 0 Å². The van der Waals surface area contributed by atoms with Crippen molar-refractivity contribution in [1.82, 2.24) is 9.80 Å². The largest absolute Gasteiger partial charge is 0.335 e. The summed E-state index contributed by atoms with van der Waals surface area (Å²) in [5, 5.41) is 0. The van der Waals surface area contributed by atoms with E-state index in [0.29, 0.717) is 6.04 Å². The first-order valence-corrected chi connectivity index (χ1v) is 9.64. The Bertz CT molecular complexity index is 551. The molecule has 1 aliphatic rings. The Balaban J connectivity index is 0.00000312. The molecule has 0 spiro atoms. The fourth-order valence-corrected chi connectivity index (χ4v) is 3.44. The van der Waals surface area contributed by atoms with Crippen LogP contribution in [0.5, 0.6) is 0 Å². The molecular weight excluding hydrogens is 400 g/mol. The van der Waals surface area contributed by atoms with Crippen LogP contribution in [0.4, 0.5) is 0 Å². The van der Waals surface area contributed by atoms with E-state index >= 15 is 0 Å². The third-order valence-corrected chi connectivity index (χ3v) is 5.31. The molecule has 0 radical (unpaired) electrons. The van der Waals surface area contributed by atoms with Crippen molar-refractivity contribution in [2.45, 2.75) is 38.6 Å². The lowest BCUT2D eigenvalue weighted by atomic mass is 9.86. The number of halogens is 2. The average Bonchev–Trinajstić information content (AvgIpc) is 2.56. The Morgan fingerprint density at radius 3 is 2.28 bits per heavy atom. The minimum absolute atomic E-state index is 0. The maximum Gasteiger partial charge on any atom is 0.246 e. The molecule has 2 rings (SSSR count). The lowest BCUT2D eigenvalue weighted by Crippen LogP contribution is -2.44. The Morgan fingerprint density at radius 1 is 1.12 bits per heavy atom. The Kier molecular flexibility index (Phi) is 9.77. The minimum atomic E-state index is 0. The summed E-state index contributed by atoms with van der Waals surface area (Å²) < 4.78 is 1.05. The third kappa shape index (κ3) is 7.51. The van der Waals surface area contributed by atoms with Crippen molar-refractivity contribution < 1.29 is 4.79 Å². The summed E-state index contributed by atoms with van der Waals surface area (Å²) in [4.78, 5) is 17.0. The molecule has 1 fully saturated rings. The lowest BCUT2D eigenvalue weighted by Gasteiger charge is -2.36. The summed E-state index contributed by atoms with van der Waals surface area (Å²) in [6.07, 6.45) is 8.37. The quantitative estimate of drug-likeness (QED) is 0.603. The number of rotatable bonds is 6. The molecule has 140 valence electrons. The molecule has 1 aromatic carbocycles. The number of hydrogen-bond acceptors (Lipinski definition) is 2. The van der Waals surface area contributed by atoms with Gasteiger partial charge in [-0.2, -0.15) is 0 Å². The van der Waals surface area contributed by atoms with E-state index in [0.717, 1.165) is 41.9 Å². The molecule has 0 saturated heterocycles. The van der Waals surface area contributed by atoms with Crippen molar-refractivity contribution in [3.63, 3.8) is 0 Å². The van der Waals surface area contributed by atoms with E-state index in [4.69, 9.17) is 0 Å². The van der Waals surface area contributed by atoms with Crippen molar-refractivity contribution in [2.24, 2.45) is 5.92 Å². The van der Waals surface area contributed by atoms with Gasteiger partial charge in [0.1, 0.15) is 0 Å². The van der Waals surface area contributed by atoms with E-state index in [1.54, 1.807) is 6.08 Å². The van der Waals surface area contributed by atoms with E-state index in [2.05, 4.69) is 46.7 Å². The summed E-state index contributed by atoms with van der Waals surface area (Å²) in [5.41, 5.74) is 1.05. The zero-order valence-corrected chi connectivity index (χ0v) is 17.9. The van der Waals surface area contributed by atoms with E-state index in [9.17, 15) is 4.79 Å². The first-order valence-electron chi connectivity index (χ1n) is 8.84. The summed E-state index contributed by atoms with van der Waals surface area (Å²) in [5.74, 6) is 0.935. The van der Waals surface area contributed by atoms with Crippen LogP contribution >= 0.6 is 28.3 Å². The average molecular weight is 430 g/mol. The van der Waals surface area contributed by atoms with Gasteiger partial charge in [-0.25, -0.2) is 0 Å². The molecule has 25 heavy (non-hydrogen) atoms. The van der Waals surface area contributed by atoms with Gasteiger partial charge >= 0.3 is 0 Å². The molecule has 1 saturated carbocycles. The second-order valence-corrected chi connectivity index (χ2v) is 8.05. The summed E-state index contributed by atoms with van der Waals surface area (Å²) in [6.45, 7) is 4.02. The van der Waals surface area contributed by atoms with Crippen LogP contribution in [0.25, 0.3) is 6.08 Å². The van der Waals surface area contributed by atoms with Gasteiger partial charge < -0.3 is 9.80 Å². The molecule has 0 aliphatic heterocycles. The van der Waals surface area contributed by atoms with Gasteiger partial charge in [0.05, 0.1) is 0 Å². The Hall–Kier alpha value is -0.840. The molecule has 1 aliphatic carbocycles. The molecule has 3 nitrogen and oxygen atoms in total. The maximum absolute atomic E-state index is 12.8. The zero-order chi connectivity index (χ0) is 17.5. The molecule has 0 heterocycles. The molecular formula is C20H30BrClN2O. The molecule has 0 unspecified atom stereocenters. The van der Waals surface area contributed by atoms with Crippen molar-refractivity contribution >= 4 is 40.3 Å². The van der Waals surface area contributed by atoms with Crippen LogP contribution < -0.4 is 0 Å². The third-order valence-electron chi connectivity index (χ3n) is 4.79. The second-order valence-electron chi connectivity index (χ2n) is 7.13. The van der Waals surface area contributed by atoms with Crippen molar-refractivity contribution in [3.05, 3.63) is 40.4 Å². The predicted octanol–water partition coefficient (Wildman–Crippen LogP) is 4.85. The molecule has 0 bridgehead atoms. The Labute approximate surface area is 167 Å². The summed E-state index contributed by atoms with van der Waals surface area (Å²) >= 11 is 3.44. The summed E-state index contributed by atoms with van der Waals surface area (Å²) in [7, 11) is 4.12. The smallest absolute Gasteiger partial charge is 0.246 e. The number of likely N-dealkylation sites (N-methyl/N-ethyl adjacent to an activating group) is 1. The van der Waals surface area contributed by atoms with E-state index in [-0.39, 0.29) is 18.3 Å². The van der Waals surface area contributed by atoms with E-state index in [1.807, 2.05) is 30.3 Å². The summed E-state index contributed by atoms with van der Waals surface area (Å²) in [6, 6.07) is 8.41. The highest BCUT2D eigenvalue weighted by Gasteiger charge is 2.26. The second kappa shape index (κ2) is 11.0. The fraction of sp³-hybridized carbons (Fsp3) is 0.550. The van der Waals surface area contributed by atoms with Gasteiger partial charge in [-0.3, -0.25) is 4.79 Å². The van der Waals surface area contributed by atoms with Crippen molar-refractivity contribution in [1.29, 1.82) is 0 Å². The van der Waals surface area contributed by atoms with Crippen LogP contribution in [0, 0.1) is 5.92 Å². The normalized spacial score (nSPS) is 20.5. The molecule has 1 aromatic rings. The van der Waals surface area contributed by atoms with Crippen LogP contribution in [0.2, 0.25) is 0 Å². The highest BCUT2D eigenvalue weighted by Crippen LogP contribution is 2.27. The minimum Gasteiger partial charge on any atom is -0.335 e. The monoisotopic (exact) mass is 428 g/mol. The molecule has 0 aromatic heterocycles. The number of benzene rings is 1. The first-order chi connectivity index (χ1) is 11.5. The predicted molar refractivity (Wildman–Crippen MR) is 112 cm³/mol. The SMILES string of the molecule is CC1CCC(N(CCN(C)C)C(=O)/C=C/c2ccc(Br)cc2)CC1.Cl. The number of carbonyl (C=O) groups is 1. The van der Waals surface area contributed by atoms with Gasteiger partial charge in [-0.05, 0) is 69.5 Å². The molecule has 1 amide bonds. The number of hydrogen-bond donors (Lipinski definition) is 0. The first kappa shape index (κ1) is 22.2. The topological polar surface area (TPSA) is 23.6 Å². The van der Waals surface area contributed by atoms with E-state index in [1.165, 1.54) is 12.8 Å². The van der Waals surface area contributed by atoms with Crippen LogP contribution in [-0.2, 0) is 4.79 Å². The van der Waals surface area contributed by atoms with Crippen LogP contribution in [0.15, 0.2) is 34.8 Å². The van der Waals surface area contributed by atoms with Gasteiger partial charge in [-0.1, -0.05) is 35.0 Å². The van der Waals surface area contributed by atoms with Crippen LogP contribution in [0.1, 0.15) is 38.2 Å². The van der Waals surface area contributed by atoms with Crippen LogP contribution in [0.3, 0.4) is 0 Å². The van der Waals surface area contributed by atoms with Crippen molar-refractivity contribution in [2.75, 3.05) is 27.2 Å². The molecule has 0 N–H and O–H groups in total. The standard InChI is InChI=1S/C20H29BrN2O.ClH/c1-16-4-11-19(12-5-16)23(15-14-22(2)3)20(24)13-8-17-6-9-18(21)10-7-17;/h6-10,13,16,19H,4-5,11-12,14-15H2,1-3H3;1H/b13-8+;. The fourth-order valence-electron chi connectivity index (χ4n) is 3.17. The van der Waals surface area contributed by atoms with Crippen molar-refractivity contribution in [3.8, 4) is 0 Å². The van der Waals surface area contributed by atoms with Crippen LogP contribution in [-0.4, -0.2) is 48.9 Å². The molecule has 0 atom stereocenters. The van der Waals surface area contributed by atoms with Gasteiger partial charge in [0.15, 0.2) is 0 Å². The number of nitrogens with zero attached hydrogens (tertiary/aromatic N) is 2. The Morgan fingerprint density at radius 2 is 1.72 bits per heavy atom. The van der Waals surface area contributed by atoms with Gasteiger partial charge in [0.2, 0.25) is 5.91 Å². The van der Waals surface area contributed by atoms with Gasteiger partial charge in [0, 0.05) is 29.7 Å². The van der Waals surface area contributed by atoms with E-state index < -0.39 is 0 Å². The zero-order valence-electron chi connectivity index (χ0n) is 15.5.